The van der Waals surface area contributed by atoms with Gasteiger partial charge in [0.2, 0.25) is 0 Å². The number of rotatable bonds is 2. The van der Waals surface area contributed by atoms with Gasteiger partial charge in [-0.05, 0) is 27.8 Å². The topological polar surface area (TPSA) is 0 Å². The van der Waals surface area contributed by atoms with Gasteiger partial charge < -0.3 is 0 Å². The summed E-state index contributed by atoms with van der Waals surface area (Å²) in [5, 5.41) is 4.91. The highest BCUT2D eigenvalue weighted by molar-refractivity contribution is 7.11. The van der Waals surface area contributed by atoms with Crippen LogP contribution in [0.1, 0.15) is 15.8 Å². The second-order valence-electron chi connectivity index (χ2n) is 4.06. The van der Waals surface area contributed by atoms with Crippen molar-refractivity contribution in [2.24, 2.45) is 0 Å². The van der Waals surface area contributed by atoms with Gasteiger partial charge >= 0.3 is 0 Å². The Bertz CT molecular complexity index is 682. The first kappa shape index (κ1) is 12.0. The summed E-state index contributed by atoms with van der Waals surface area (Å²) >= 11 is 14.3. The Morgan fingerprint density at radius 1 is 0.944 bits per heavy atom. The minimum atomic E-state index is -0.191. The highest BCUT2D eigenvalue weighted by atomic mass is 35.5. The Kier molecular flexibility index (Phi) is 3.29. The van der Waals surface area contributed by atoms with Crippen molar-refractivity contribution < 1.29 is 0 Å². The maximum atomic E-state index is 6.58. The van der Waals surface area contributed by atoms with Crippen molar-refractivity contribution in [3.05, 3.63) is 69.4 Å². The van der Waals surface area contributed by atoms with Crippen LogP contribution in [0, 0.1) is 0 Å². The van der Waals surface area contributed by atoms with Gasteiger partial charge in [-0.15, -0.1) is 22.9 Å². The lowest BCUT2D eigenvalue weighted by Crippen LogP contribution is -1.92. The first-order valence-corrected chi connectivity index (χ1v) is 7.31. The highest BCUT2D eigenvalue weighted by Gasteiger charge is 2.17. The predicted molar refractivity (Wildman–Crippen MR) is 81.0 cm³/mol. The first-order chi connectivity index (χ1) is 8.77. The summed E-state index contributed by atoms with van der Waals surface area (Å²) in [7, 11) is 0. The molecule has 1 aromatic heterocycles. The van der Waals surface area contributed by atoms with E-state index in [0.29, 0.717) is 0 Å². The van der Waals surface area contributed by atoms with Gasteiger partial charge in [0.1, 0.15) is 0 Å². The fourth-order valence-electron chi connectivity index (χ4n) is 2.10. The second kappa shape index (κ2) is 4.93. The molecule has 90 valence electrons. The number of hydrogen-bond donors (Lipinski definition) is 0. The van der Waals surface area contributed by atoms with Crippen LogP contribution in [0.15, 0.2) is 53.9 Å². The van der Waals surface area contributed by atoms with Gasteiger partial charge in [0.15, 0.2) is 0 Å². The van der Waals surface area contributed by atoms with Crippen LogP contribution < -0.4 is 0 Å². The summed E-state index contributed by atoms with van der Waals surface area (Å²) in [6, 6.07) is 16.4. The molecule has 0 nitrogen and oxygen atoms in total. The summed E-state index contributed by atoms with van der Waals surface area (Å²) in [4.78, 5) is 1.01. The minimum absolute atomic E-state index is 0.191. The summed E-state index contributed by atoms with van der Waals surface area (Å²) in [6.07, 6.45) is 0. The number of halogens is 2. The molecule has 3 heteroatoms. The third kappa shape index (κ3) is 2.03. The smallest absolute Gasteiger partial charge is 0.0948 e. The molecule has 1 unspecified atom stereocenters. The van der Waals surface area contributed by atoms with E-state index >= 15 is 0 Å². The van der Waals surface area contributed by atoms with Crippen LogP contribution >= 0.6 is 34.5 Å². The molecular weight excluding hydrogens is 283 g/mol. The van der Waals surface area contributed by atoms with Crippen LogP contribution in [0.2, 0.25) is 5.02 Å². The van der Waals surface area contributed by atoms with Crippen molar-refractivity contribution >= 4 is 45.3 Å². The Hall–Kier alpha value is -1.02. The van der Waals surface area contributed by atoms with E-state index in [-0.39, 0.29) is 5.38 Å². The molecule has 0 spiro atoms. The van der Waals surface area contributed by atoms with Crippen LogP contribution in [0.3, 0.4) is 0 Å². The van der Waals surface area contributed by atoms with Crippen LogP contribution in [0.4, 0.5) is 0 Å². The third-order valence-electron chi connectivity index (χ3n) is 2.97. The summed E-state index contributed by atoms with van der Waals surface area (Å²) in [5.41, 5.74) is 1.11. The maximum absolute atomic E-state index is 6.58. The number of thiophene rings is 1. The van der Waals surface area contributed by atoms with Gasteiger partial charge in [-0.3, -0.25) is 0 Å². The van der Waals surface area contributed by atoms with Crippen LogP contribution in [0.25, 0.3) is 10.8 Å². The molecule has 0 bridgehead atoms. The molecule has 0 N–H and O–H groups in total. The Labute approximate surface area is 120 Å². The molecule has 2 aromatic carbocycles. The number of hydrogen-bond acceptors (Lipinski definition) is 1. The normalized spacial score (nSPS) is 12.8. The van der Waals surface area contributed by atoms with E-state index < -0.39 is 0 Å². The SMILES string of the molecule is Clc1ccsc1C(Cl)c1cccc2ccccc12. The number of fused-ring (bicyclic) bond motifs is 1. The zero-order valence-electron chi connectivity index (χ0n) is 9.44. The molecule has 3 rings (SSSR count). The largest absolute Gasteiger partial charge is 0.145 e. The minimum Gasteiger partial charge on any atom is -0.145 e. The van der Waals surface area contributed by atoms with E-state index in [4.69, 9.17) is 23.2 Å². The van der Waals surface area contributed by atoms with Gasteiger partial charge in [-0.2, -0.15) is 0 Å². The molecule has 0 amide bonds. The predicted octanol–water partition coefficient (Wildman–Crippen LogP) is 5.88. The molecular formula is C15H10Cl2S. The molecule has 1 heterocycles. The summed E-state index contributed by atoms with van der Waals surface area (Å²) in [5.74, 6) is 0. The van der Waals surface area contributed by atoms with Crippen molar-refractivity contribution in [1.82, 2.24) is 0 Å². The quantitative estimate of drug-likeness (QED) is 0.517. The summed E-state index contributed by atoms with van der Waals surface area (Å²) < 4.78 is 0. The lowest BCUT2D eigenvalue weighted by Gasteiger charge is -2.12. The van der Waals surface area contributed by atoms with E-state index in [1.54, 1.807) is 11.3 Å². The molecule has 0 fully saturated rings. The van der Waals surface area contributed by atoms with Crippen LogP contribution in [-0.4, -0.2) is 0 Å². The average molecular weight is 293 g/mol. The molecule has 18 heavy (non-hydrogen) atoms. The molecule has 1 atom stereocenters. The van der Waals surface area contributed by atoms with Crippen molar-refractivity contribution in [2.45, 2.75) is 5.38 Å². The monoisotopic (exact) mass is 292 g/mol. The van der Waals surface area contributed by atoms with E-state index in [9.17, 15) is 0 Å². The average Bonchev–Trinajstić information content (AvgIpc) is 2.83. The van der Waals surface area contributed by atoms with Gasteiger partial charge in [-0.25, -0.2) is 0 Å². The molecule has 0 aliphatic heterocycles. The highest BCUT2D eigenvalue weighted by Crippen LogP contribution is 2.39. The van der Waals surface area contributed by atoms with Crippen molar-refractivity contribution in [2.75, 3.05) is 0 Å². The molecule has 0 saturated heterocycles. The molecule has 0 aliphatic carbocycles. The first-order valence-electron chi connectivity index (χ1n) is 5.62. The van der Waals surface area contributed by atoms with E-state index in [0.717, 1.165) is 15.5 Å². The second-order valence-corrected chi connectivity index (χ2v) is 5.86. The Morgan fingerprint density at radius 2 is 1.72 bits per heavy atom. The lowest BCUT2D eigenvalue weighted by atomic mass is 10.0. The molecule has 0 radical (unpaired) electrons. The maximum Gasteiger partial charge on any atom is 0.0948 e. The van der Waals surface area contributed by atoms with Crippen molar-refractivity contribution in [3.8, 4) is 0 Å². The molecule has 0 aliphatic rings. The van der Waals surface area contributed by atoms with Gasteiger partial charge in [0, 0.05) is 4.88 Å². The molecule has 3 aromatic rings. The fraction of sp³-hybridized carbons (Fsp3) is 0.0667. The zero-order chi connectivity index (χ0) is 12.5. The fourth-order valence-corrected chi connectivity index (χ4v) is 3.78. The standard InChI is InChI=1S/C15H10Cl2S/c16-13-8-9-18-15(13)14(17)12-7-3-5-10-4-1-2-6-11(10)12/h1-9,14H. The van der Waals surface area contributed by atoms with E-state index in [1.807, 2.05) is 29.6 Å². The Morgan fingerprint density at radius 3 is 2.50 bits per heavy atom. The third-order valence-corrected chi connectivity index (χ3v) is 4.98. The van der Waals surface area contributed by atoms with Crippen LogP contribution in [0.5, 0.6) is 0 Å². The Balaban J connectivity index is 2.18. The number of benzene rings is 2. The van der Waals surface area contributed by atoms with Gasteiger partial charge in [-0.1, -0.05) is 54.1 Å². The van der Waals surface area contributed by atoms with Crippen LogP contribution in [-0.2, 0) is 0 Å². The zero-order valence-corrected chi connectivity index (χ0v) is 11.8. The van der Waals surface area contributed by atoms with E-state index in [1.165, 1.54) is 10.8 Å². The van der Waals surface area contributed by atoms with Gasteiger partial charge in [0.05, 0.1) is 10.4 Å². The molecule has 0 saturated carbocycles. The van der Waals surface area contributed by atoms with Crippen molar-refractivity contribution in [3.63, 3.8) is 0 Å². The van der Waals surface area contributed by atoms with Gasteiger partial charge in [0.25, 0.3) is 0 Å². The van der Waals surface area contributed by atoms with Crippen molar-refractivity contribution in [1.29, 1.82) is 0 Å². The number of alkyl halides is 1. The lowest BCUT2D eigenvalue weighted by molar-refractivity contribution is 1.21. The summed E-state index contributed by atoms with van der Waals surface area (Å²) in [6.45, 7) is 0. The van der Waals surface area contributed by atoms with E-state index in [2.05, 4.69) is 24.3 Å².